The lowest BCUT2D eigenvalue weighted by Gasteiger charge is -2.39. The zero-order valence-corrected chi connectivity index (χ0v) is 11.5. The van der Waals surface area contributed by atoms with Crippen molar-refractivity contribution in [1.29, 1.82) is 0 Å². The van der Waals surface area contributed by atoms with Gasteiger partial charge in [0, 0.05) is 25.9 Å². The van der Waals surface area contributed by atoms with Crippen LogP contribution in [0.3, 0.4) is 0 Å². The van der Waals surface area contributed by atoms with E-state index in [1.807, 2.05) is 0 Å². The standard InChI is InChI=1S/C12H18F3N3O3/c13-12(14,15)11(2-1-9(19)16-8-11)7-10(20)18-4-6-21-5-3-17-18/h17H,1-8H2,(H,16,19). The minimum Gasteiger partial charge on any atom is -0.378 e. The normalized spacial score (nSPS) is 28.0. The summed E-state index contributed by atoms with van der Waals surface area (Å²) in [5.41, 5.74) is 0.565. The summed E-state index contributed by atoms with van der Waals surface area (Å²) in [7, 11) is 0. The molecule has 0 aromatic carbocycles. The Hall–Kier alpha value is -1.35. The first-order chi connectivity index (χ1) is 9.84. The molecule has 2 amide bonds. The third kappa shape index (κ3) is 3.65. The van der Waals surface area contributed by atoms with Crippen LogP contribution in [0.5, 0.6) is 0 Å². The van der Waals surface area contributed by atoms with Crippen LogP contribution >= 0.6 is 0 Å². The highest BCUT2D eigenvalue weighted by molar-refractivity contribution is 5.79. The van der Waals surface area contributed by atoms with Gasteiger partial charge in [0.15, 0.2) is 0 Å². The zero-order chi connectivity index (χ0) is 15.5. The lowest BCUT2D eigenvalue weighted by Crippen LogP contribution is -2.55. The molecule has 1 unspecified atom stereocenters. The number of carbonyl (C=O) groups is 2. The van der Waals surface area contributed by atoms with E-state index in [1.165, 1.54) is 5.01 Å². The van der Waals surface area contributed by atoms with Gasteiger partial charge < -0.3 is 10.1 Å². The number of ether oxygens (including phenoxy) is 1. The third-order valence-electron chi connectivity index (χ3n) is 3.85. The maximum absolute atomic E-state index is 13.4. The summed E-state index contributed by atoms with van der Waals surface area (Å²) in [5.74, 6) is -1.04. The van der Waals surface area contributed by atoms with Gasteiger partial charge in [-0.25, -0.2) is 5.43 Å². The van der Waals surface area contributed by atoms with Crippen LogP contribution < -0.4 is 10.7 Å². The molecule has 2 N–H and O–H groups in total. The fourth-order valence-corrected chi connectivity index (χ4v) is 2.48. The maximum atomic E-state index is 13.4. The molecule has 2 saturated heterocycles. The second-order valence-corrected chi connectivity index (χ2v) is 5.30. The molecule has 1 atom stereocenters. The second-order valence-electron chi connectivity index (χ2n) is 5.30. The SMILES string of the molecule is O=C1CCC(CC(=O)N2CCOCCN2)(C(F)(F)F)CN1. The van der Waals surface area contributed by atoms with E-state index in [4.69, 9.17) is 4.74 Å². The summed E-state index contributed by atoms with van der Waals surface area (Å²) in [6.45, 7) is 0.727. The number of alkyl halides is 3. The Morgan fingerprint density at radius 1 is 1.38 bits per heavy atom. The van der Waals surface area contributed by atoms with Crippen LogP contribution in [0.25, 0.3) is 0 Å². The minimum atomic E-state index is -4.54. The van der Waals surface area contributed by atoms with Crippen molar-refractivity contribution in [2.45, 2.75) is 25.4 Å². The molecule has 21 heavy (non-hydrogen) atoms. The van der Waals surface area contributed by atoms with Crippen LogP contribution in [0.2, 0.25) is 0 Å². The number of amides is 2. The second kappa shape index (κ2) is 6.18. The first-order valence-electron chi connectivity index (χ1n) is 6.79. The molecule has 0 spiro atoms. The molecule has 0 aromatic heterocycles. The van der Waals surface area contributed by atoms with E-state index in [9.17, 15) is 22.8 Å². The molecule has 0 bridgehead atoms. The third-order valence-corrected chi connectivity index (χ3v) is 3.85. The number of hydrogen-bond donors (Lipinski definition) is 2. The van der Waals surface area contributed by atoms with Gasteiger partial charge in [0.1, 0.15) is 0 Å². The molecular formula is C12H18F3N3O3. The van der Waals surface area contributed by atoms with Gasteiger partial charge in [-0.15, -0.1) is 0 Å². The van der Waals surface area contributed by atoms with E-state index in [-0.39, 0.29) is 26.0 Å². The Morgan fingerprint density at radius 2 is 2.14 bits per heavy atom. The minimum absolute atomic E-state index is 0.207. The van der Waals surface area contributed by atoms with Crippen LogP contribution in [-0.4, -0.2) is 55.8 Å². The van der Waals surface area contributed by atoms with E-state index in [1.54, 1.807) is 0 Å². The van der Waals surface area contributed by atoms with Gasteiger partial charge in [-0.1, -0.05) is 0 Å². The van der Waals surface area contributed by atoms with Crippen molar-refractivity contribution in [3.63, 3.8) is 0 Å². The molecule has 120 valence electrons. The Balaban J connectivity index is 2.08. The van der Waals surface area contributed by atoms with Crippen molar-refractivity contribution in [3.05, 3.63) is 0 Å². The predicted octanol–water partition coefficient (Wildman–Crippen LogP) is 0.199. The highest BCUT2D eigenvalue weighted by Gasteiger charge is 2.57. The lowest BCUT2D eigenvalue weighted by atomic mass is 9.76. The highest BCUT2D eigenvalue weighted by Crippen LogP contribution is 2.46. The number of nitrogens with zero attached hydrogens (tertiary/aromatic N) is 1. The molecule has 6 nitrogen and oxygen atoms in total. The van der Waals surface area contributed by atoms with Crippen molar-refractivity contribution < 1.29 is 27.5 Å². The summed E-state index contributed by atoms with van der Waals surface area (Å²) in [6.07, 6.45) is -5.80. The average molecular weight is 309 g/mol. The molecule has 0 aliphatic carbocycles. The molecule has 0 saturated carbocycles. The number of piperidine rings is 1. The van der Waals surface area contributed by atoms with E-state index in [2.05, 4.69) is 10.7 Å². The molecule has 0 aromatic rings. The average Bonchev–Trinajstić information content (AvgIpc) is 2.69. The van der Waals surface area contributed by atoms with Gasteiger partial charge in [0.2, 0.25) is 11.8 Å². The number of halogens is 3. The van der Waals surface area contributed by atoms with Crippen molar-refractivity contribution in [2.24, 2.45) is 5.41 Å². The van der Waals surface area contributed by atoms with Crippen LogP contribution in [0.4, 0.5) is 13.2 Å². The van der Waals surface area contributed by atoms with Gasteiger partial charge >= 0.3 is 6.18 Å². The molecule has 2 rings (SSSR count). The smallest absolute Gasteiger partial charge is 0.378 e. The van der Waals surface area contributed by atoms with Crippen LogP contribution in [0.1, 0.15) is 19.3 Å². The molecular weight excluding hydrogens is 291 g/mol. The first kappa shape index (κ1) is 16.0. The summed E-state index contributed by atoms with van der Waals surface area (Å²) in [6, 6.07) is 0. The monoisotopic (exact) mass is 309 g/mol. The zero-order valence-electron chi connectivity index (χ0n) is 11.5. The molecule has 2 heterocycles. The van der Waals surface area contributed by atoms with Gasteiger partial charge in [-0.3, -0.25) is 14.6 Å². The fraction of sp³-hybridized carbons (Fsp3) is 0.833. The van der Waals surface area contributed by atoms with Crippen molar-refractivity contribution in [3.8, 4) is 0 Å². The number of hydrogen-bond acceptors (Lipinski definition) is 4. The number of hydrazine groups is 1. The lowest BCUT2D eigenvalue weighted by molar-refractivity contribution is -0.232. The number of nitrogens with one attached hydrogen (secondary N) is 2. The van der Waals surface area contributed by atoms with Crippen LogP contribution in [0, 0.1) is 5.41 Å². The first-order valence-corrected chi connectivity index (χ1v) is 6.79. The molecule has 0 radical (unpaired) electrons. The molecule has 2 aliphatic rings. The maximum Gasteiger partial charge on any atom is 0.396 e. The van der Waals surface area contributed by atoms with Gasteiger partial charge in [-0.2, -0.15) is 13.2 Å². The predicted molar refractivity (Wildman–Crippen MR) is 65.9 cm³/mol. The van der Waals surface area contributed by atoms with E-state index in [0.29, 0.717) is 13.2 Å². The van der Waals surface area contributed by atoms with Crippen LogP contribution in [-0.2, 0) is 14.3 Å². The molecule has 9 heteroatoms. The molecule has 2 fully saturated rings. The Kier molecular flexibility index (Phi) is 4.72. The van der Waals surface area contributed by atoms with E-state index >= 15 is 0 Å². The van der Waals surface area contributed by atoms with Gasteiger partial charge in [0.05, 0.1) is 25.2 Å². The Morgan fingerprint density at radius 3 is 2.76 bits per heavy atom. The molecule has 2 aliphatic heterocycles. The van der Waals surface area contributed by atoms with Gasteiger partial charge in [0.25, 0.3) is 0 Å². The Bertz CT molecular complexity index is 396. The summed E-state index contributed by atoms with van der Waals surface area (Å²) < 4.78 is 45.2. The number of carbonyl (C=O) groups excluding carboxylic acids is 2. The van der Waals surface area contributed by atoms with Gasteiger partial charge in [-0.05, 0) is 6.42 Å². The largest absolute Gasteiger partial charge is 0.396 e. The number of rotatable bonds is 2. The van der Waals surface area contributed by atoms with Crippen molar-refractivity contribution in [2.75, 3.05) is 32.8 Å². The topological polar surface area (TPSA) is 70.7 Å². The van der Waals surface area contributed by atoms with Crippen molar-refractivity contribution in [1.82, 2.24) is 15.8 Å². The quantitative estimate of drug-likeness (QED) is 0.764. The van der Waals surface area contributed by atoms with Crippen molar-refractivity contribution >= 4 is 11.8 Å². The van der Waals surface area contributed by atoms with Crippen LogP contribution in [0.15, 0.2) is 0 Å². The van der Waals surface area contributed by atoms with E-state index < -0.39 is 36.4 Å². The van der Waals surface area contributed by atoms with E-state index in [0.717, 1.165) is 0 Å². The summed E-state index contributed by atoms with van der Waals surface area (Å²) >= 11 is 0. The highest BCUT2D eigenvalue weighted by atomic mass is 19.4. The summed E-state index contributed by atoms with van der Waals surface area (Å²) in [5, 5.41) is 3.40. The fourth-order valence-electron chi connectivity index (χ4n) is 2.48. The Labute approximate surface area is 120 Å². The summed E-state index contributed by atoms with van der Waals surface area (Å²) in [4.78, 5) is 23.3.